The van der Waals surface area contributed by atoms with Crippen LogP contribution in [-0.2, 0) is 23.9 Å². The van der Waals surface area contributed by atoms with Crippen LogP contribution in [-0.4, -0.2) is 40.6 Å². The smallest absolute Gasteiger partial charge is 0.303 e. The van der Waals surface area contributed by atoms with Gasteiger partial charge in [0.05, 0.1) is 3.39 Å². The summed E-state index contributed by atoms with van der Waals surface area (Å²) in [6, 6.07) is 0. The highest BCUT2D eigenvalue weighted by atomic mass is 79.9. The molecule has 174 valence electrons. The van der Waals surface area contributed by atoms with Crippen molar-refractivity contribution in [3.8, 4) is 0 Å². The van der Waals surface area contributed by atoms with Crippen LogP contribution in [0.25, 0.3) is 0 Å². The molecule has 0 spiro atoms. The summed E-state index contributed by atoms with van der Waals surface area (Å²) in [6.45, 7) is 4.66. The second-order valence-electron chi connectivity index (χ2n) is 10.3. The monoisotopic (exact) mass is 570 g/mol. The Balaban J connectivity index is 1.76. The summed E-state index contributed by atoms with van der Waals surface area (Å²) in [6.07, 6.45) is 4.28. The number of ketones is 3. The van der Waals surface area contributed by atoms with Crippen molar-refractivity contribution >= 4 is 55.2 Å². The van der Waals surface area contributed by atoms with E-state index in [-0.39, 0.29) is 42.2 Å². The Bertz CT molecular complexity index is 979. The maximum atomic E-state index is 13.7. The van der Waals surface area contributed by atoms with E-state index in [1.165, 1.54) is 6.92 Å². The molecule has 0 saturated heterocycles. The normalized spacial score (nSPS) is 40.8. The van der Waals surface area contributed by atoms with E-state index in [1.54, 1.807) is 6.08 Å². The molecule has 0 bridgehead atoms. The third kappa shape index (κ3) is 3.35. The average Bonchev–Trinajstić information content (AvgIpc) is 2.97. The van der Waals surface area contributed by atoms with E-state index in [4.69, 9.17) is 4.74 Å². The van der Waals surface area contributed by atoms with Crippen LogP contribution in [0.5, 0.6) is 0 Å². The van der Waals surface area contributed by atoms with Crippen LogP contribution in [0.2, 0.25) is 0 Å². The first-order valence-electron chi connectivity index (χ1n) is 11.1. The zero-order chi connectivity index (χ0) is 23.6. The van der Waals surface area contributed by atoms with E-state index in [9.17, 15) is 24.3 Å². The molecule has 3 saturated carbocycles. The number of aliphatic hydroxyl groups is 1. The van der Waals surface area contributed by atoms with Crippen LogP contribution in [0.4, 0.5) is 0 Å². The van der Waals surface area contributed by atoms with Crippen LogP contribution in [0, 0.1) is 28.6 Å². The molecular formula is C24H28Br2O6. The van der Waals surface area contributed by atoms with E-state index in [0.29, 0.717) is 25.7 Å². The molecule has 4 rings (SSSR count). The fourth-order valence-corrected chi connectivity index (χ4v) is 7.96. The lowest BCUT2D eigenvalue weighted by molar-refractivity contribution is -0.172. The standard InChI is InChI=1S/C24H28Br2O6/c1-12(27)32-11-19(30)24(31)7-5-16-14-9-15(21(25)26)17-8-13(28)4-6-22(17,2)20(14)18(29)10-23(16,24)3/h8,14,16,20,31H,4-7,9-11H2,1-3H3. The molecule has 3 fully saturated rings. The molecule has 6 unspecified atom stereocenters. The van der Waals surface area contributed by atoms with Crippen molar-refractivity contribution in [3.05, 3.63) is 20.6 Å². The fraction of sp³-hybridized carbons (Fsp3) is 0.667. The highest BCUT2D eigenvalue weighted by Crippen LogP contribution is 2.68. The van der Waals surface area contributed by atoms with Gasteiger partial charge in [-0.25, -0.2) is 0 Å². The minimum absolute atomic E-state index is 0.0400. The number of fused-ring (bicyclic) bond motifs is 5. The van der Waals surface area contributed by atoms with Gasteiger partial charge in [0.15, 0.2) is 12.4 Å². The van der Waals surface area contributed by atoms with Gasteiger partial charge < -0.3 is 9.84 Å². The molecule has 6 atom stereocenters. The average molecular weight is 572 g/mol. The maximum absolute atomic E-state index is 13.7. The third-order valence-corrected chi connectivity index (χ3v) is 9.73. The molecule has 0 radical (unpaired) electrons. The highest BCUT2D eigenvalue weighted by molar-refractivity contribution is 9.28. The lowest BCUT2D eigenvalue weighted by Gasteiger charge is -2.58. The van der Waals surface area contributed by atoms with Crippen molar-refractivity contribution in [1.82, 2.24) is 0 Å². The summed E-state index contributed by atoms with van der Waals surface area (Å²) >= 11 is 7.09. The second kappa shape index (κ2) is 7.98. The lowest BCUT2D eigenvalue weighted by Crippen LogP contribution is -2.61. The lowest BCUT2D eigenvalue weighted by atomic mass is 9.45. The second-order valence-corrected chi connectivity index (χ2v) is 12.9. The molecule has 0 aromatic carbocycles. The Labute approximate surface area is 204 Å². The van der Waals surface area contributed by atoms with Crippen LogP contribution < -0.4 is 0 Å². The number of carbonyl (C=O) groups is 4. The number of ether oxygens (including phenoxy) is 1. The topological polar surface area (TPSA) is 97.7 Å². The maximum Gasteiger partial charge on any atom is 0.303 e. The van der Waals surface area contributed by atoms with Gasteiger partial charge in [-0.3, -0.25) is 19.2 Å². The molecule has 6 nitrogen and oxygen atoms in total. The molecule has 1 N–H and O–H groups in total. The summed E-state index contributed by atoms with van der Waals surface area (Å²) in [5.74, 6) is -1.34. The summed E-state index contributed by atoms with van der Waals surface area (Å²) < 4.78 is 5.66. The van der Waals surface area contributed by atoms with Crippen molar-refractivity contribution < 1.29 is 29.0 Å². The number of halogens is 2. The molecule has 0 amide bonds. The number of rotatable bonds is 3. The quantitative estimate of drug-likeness (QED) is 0.511. The van der Waals surface area contributed by atoms with Gasteiger partial charge >= 0.3 is 5.97 Å². The predicted octanol–water partition coefficient (Wildman–Crippen LogP) is 4.17. The number of allylic oxidation sites excluding steroid dienone is 2. The van der Waals surface area contributed by atoms with Crippen molar-refractivity contribution in [3.63, 3.8) is 0 Å². The first kappa shape index (κ1) is 24.0. The van der Waals surface area contributed by atoms with E-state index >= 15 is 0 Å². The van der Waals surface area contributed by atoms with E-state index in [2.05, 4.69) is 38.8 Å². The van der Waals surface area contributed by atoms with Crippen LogP contribution >= 0.6 is 31.9 Å². The number of Topliss-reactive ketones (excluding diaryl/α,β-unsaturated/α-hetero) is 2. The Morgan fingerprint density at radius 3 is 2.53 bits per heavy atom. The molecule has 0 aliphatic heterocycles. The van der Waals surface area contributed by atoms with Gasteiger partial charge in [0.1, 0.15) is 11.4 Å². The van der Waals surface area contributed by atoms with Crippen LogP contribution in [0.3, 0.4) is 0 Å². The third-order valence-electron chi connectivity index (χ3n) is 8.77. The Kier molecular flexibility index (Phi) is 5.99. The van der Waals surface area contributed by atoms with Crippen molar-refractivity contribution in [2.45, 2.75) is 64.9 Å². The molecule has 0 aromatic heterocycles. The number of hydrogen-bond acceptors (Lipinski definition) is 6. The van der Waals surface area contributed by atoms with Gasteiger partial charge in [0.25, 0.3) is 0 Å². The molecule has 8 heteroatoms. The number of esters is 1. The zero-order valence-electron chi connectivity index (χ0n) is 18.5. The predicted molar refractivity (Wildman–Crippen MR) is 124 cm³/mol. The summed E-state index contributed by atoms with van der Waals surface area (Å²) in [5.41, 5.74) is -1.17. The van der Waals surface area contributed by atoms with Crippen molar-refractivity contribution in [2.75, 3.05) is 6.61 Å². The molecular weight excluding hydrogens is 544 g/mol. The number of carbonyl (C=O) groups excluding carboxylic acids is 4. The Morgan fingerprint density at radius 1 is 1.22 bits per heavy atom. The summed E-state index contributed by atoms with van der Waals surface area (Å²) in [5, 5.41) is 11.6. The van der Waals surface area contributed by atoms with Gasteiger partial charge in [-0.1, -0.05) is 13.8 Å². The Morgan fingerprint density at radius 2 is 1.91 bits per heavy atom. The summed E-state index contributed by atoms with van der Waals surface area (Å²) in [7, 11) is 0. The minimum Gasteiger partial charge on any atom is -0.458 e. The fourth-order valence-electron chi connectivity index (χ4n) is 7.21. The van der Waals surface area contributed by atoms with E-state index < -0.39 is 34.8 Å². The summed E-state index contributed by atoms with van der Waals surface area (Å²) in [4.78, 5) is 50.2. The highest BCUT2D eigenvalue weighted by Gasteiger charge is 2.69. The van der Waals surface area contributed by atoms with Crippen molar-refractivity contribution in [2.24, 2.45) is 28.6 Å². The van der Waals surface area contributed by atoms with Gasteiger partial charge in [0, 0.05) is 36.5 Å². The molecule has 32 heavy (non-hydrogen) atoms. The molecule has 4 aliphatic carbocycles. The molecule has 4 aliphatic rings. The Hall–Kier alpha value is -1.12. The largest absolute Gasteiger partial charge is 0.458 e. The first-order chi connectivity index (χ1) is 14.8. The molecule has 0 aromatic rings. The number of hydrogen-bond donors (Lipinski definition) is 1. The van der Waals surface area contributed by atoms with Gasteiger partial charge in [-0.05, 0) is 86.6 Å². The zero-order valence-corrected chi connectivity index (χ0v) is 21.7. The van der Waals surface area contributed by atoms with Gasteiger partial charge in [0.2, 0.25) is 5.78 Å². The van der Waals surface area contributed by atoms with Crippen LogP contribution in [0.15, 0.2) is 20.6 Å². The minimum atomic E-state index is -1.71. The van der Waals surface area contributed by atoms with Gasteiger partial charge in [-0.15, -0.1) is 0 Å². The SMILES string of the molecule is CC(=O)OCC(=O)C1(O)CCC2C3CC(=C(Br)Br)C4=CC(=O)CCC4(C)C3C(=O)CC21C. The van der Waals surface area contributed by atoms with E-state index in [0.717, 1.165) is 14.5 Å². The van der Waals surface area contributed by atoms with Gasteiger partial charge in [-0.2, -0.15) is 0 Å². The van der Waals surface area contributed by atoms with Crippen LogP contribution in [0.1, 0.15) is 59.3 Å². The van der Waals surface area contributed by atoms with Crippen molar-refractivity contribution in [1.29, 1.82) is 0 Å². The first-order valence-corrected chi connectivity index (χ1v) is 12.6. The molecule has 0 heterocycles. The van der Waals surface area contributed by atoms with E-state index in [1.807, 2.05) is 6.92 Å².